The number of hydrogen-bond donors (Lipinski definition) is 1. The molecule has 1 aromatic heterocycles. The molecular formula is C15H27N3. The van der Waals surface area contributed by atoms with Crippen LogP contribution in [0.15, 0.2) is 6.07 Å². The van der Waals surface area contributed by atoms with E-state index in [2.05, 4.69) is 51.1 Å². The smallest absolute Gasteiger partial charge is 0.0625 e. The number of hydrogen-bond acceptors (Lipinski definition) is 2. The molecular weight excluding hydrogens is 222 g/mol. The summed E-state index contributed by atoms with van der Waals surface area (Å²) in [5, 5.41) is 8.07. The van der Waals surface area contributed by atoms with E-state index in [1.54, 1.807) is 0 Å². The summed E-state index contributed by atoms with van der Waals surface area (Å²) in [6, 6.07) is 2.20. The lowest BCUT2D eigenvalue weighted by atomic mass is 10.0. The third-order valence-corrected chi connectivity index (χ3v) is 5.36. The van der Waals surface area contributed by atoms with E-state index in [9.17, 15) is 0 Å². The molecule has 1 heterocycles. The lowest BCUT2D eigenvalue weighted by molar-refractivity contribution is 0.457. The van der Waals surface area contributed by atoms with E-state index in [4.69, 9.17) is 0 Å². The van der Waals surface area contributed by atoms with Crippen molar-refractivity contribution in [2.45, 2.75) is 47.6 Å². The van der Waals surface area contributed by atoms with Gasteiger partial charge in [0.1, 0.15) is 0 Å². The largest absolute Gasteiger partial charge is 0.311 e. The highest BCUT2D eigenvalue weighted by Gasteiger charge is 2.63. The average Bonchev–Trinajstić information content (AvgIpc) is 2.61. The molecule has 0 aliphatic heterocycles. The standard InChI is InChI=1S/C15H27N3/c1-7-11-8-12(18(6)17-11)9-16-10-13-14(2,3)15(13,4)5/h8,13,16H,7,9-10H2,1-6H3. The van der Waals surface area contributed by atoms with Crippen LogP contribution in [0.25, 0.3) is 0 Å². The normalized spacial score (nSPS) is 21.2. The van der Waals surface area contributed by atoms with E-state index in [0.29, 0.717) is 10.8 Å². The molecule has 1 aliphatic carbocycles. The van der Waals surface area contributed by atoms with Crippen LogP contribution in [-0.4, -0.2) is 16.3 Å². The van der Waals surface area contributed by atoms with Crippen molar-refractivity contribution in [2.75, 3.05) is 6.54 Å². The van der Waals surface area contributed by atoms with Crippen molar-refractivity contribution in [1.82, 2.24) is 15.1 Å². The lowest BCUT2D eigenvalue weighted by Crippen LogP contribution is -2.20. The predicted octanol–water partition coefficient (Wildman–Crippen LogP) is 2.75. The van der Waals surface area contributed by atoms with Crippen molar-refractivity contribution >= 4 is 0 Å². The molecule has 3 heteroatoms. The fourth-order valence-corrected chi connectivity index (χ4v) is 3.10. The van der Waals surface area contributed by atoms with Gasteiger partial charge in [-0.15, -0.1) is 0 Å². The van der Waals surface area contributed by atoms with E-state index in [1.165, 1.54) is 11.4 Å². The first-order valence-corrected chi connectivity index (χ1v) is 7.03. The summed E-state index contributed by atoms with van der Waals surface area (Å²) in [5.74, 6) is 0.781. The Morgan fingerprint density at radius 2 is 1.89 bits per heavy atom. The maximum absolute atomic E-state index is 4.48. The Hall–Kier alpha value is -0.830. The van der Waals surface area contributed by atoms with Gasteiger partial charge in [-0.3, -0.25) is 4.68 Å². The molecule has 0 amide bonds. The third-order valence-electron chi connectivity index (χ3n) is 5.36. The Bertz CT molecular complexity index is 415. The van der Waals surface area contributed by atoms with E-state index in [-0.39, 0.29) is 0 Å². The highest BCUT2D eigenvalue weighted by Crippen LogP contribution is 2.67. The van der Waals surface area contributed by atoms with Gasteiger partial charge in [0.25, 0.3) is 0 Å². The maximum Gasteiger partial charge on any atom is 0.0625 e. The second kappa shape index (κ2) is 4.37. The number of rotatable bonds is 5. The molecule has 1 aliphatic rings. The number of aromatic nitrogens is 2. The summed E-state index contributed by atoms with van der Waals surface area (Å²) in [7, 11) is 2.03. The summed E-state index contributed by atoms with van der Waals surface area (Å²) in [6.45, 7) is 13.7. The van der Waals surface area contributed by atoms with Gasteiger partial charge in [-0.25, -0.2) is 0 Å². The van der Waals surface area contributed by atoms with Crippen molar-refractivity contribution < 1.29 is 0 Å². The van der Waals surface area contributed by atoms with Gasteiger partial charge >= 0.3 is 0 Å². The van der Waals surface area contributed by atoms with Crippen LogP contribution in [-0.2, 0) is 20.0 Å². The highest BCUT2D eigenvalue weighted by molar-refractivity contribution is 5.14. The van der Waals surface area contributed by atoms with E-state index in [0.717, 1.165) is 25.4 Å². The van der Waals surface area contributed by atoms with Crippen LogP contribution in [0.5, 0.6) is 0 Å². The van der Waals surface area contributed by atoms with Crippen molar-refractivity contribution in [1.29, 1.82) is 0 Å². The average molecular weight is 249 g/mol. The minimum absolute atomic E-state index is 0.473. The van der Waals surface area contributed by atoms with Crippen LogP contribution in [0.2, 0.25) is 0 Å². The first-order chi connectivity index (χ1) is 8.30. The third kappa shape index (κ3) is 2.09. The molecule has 0 aromatic carbocycles. The van der Waals surface area contributed by atoms with Crippen LogP contribution in [0, 0.1) is 16.7 Å². The highest BCUT2D eigenvalue weighted by atomic mass is 15.3. The van der Waals surface area contributed by atoms with Crippen LogP contribution in [0.3, 0.4) is 0 Å². The van der Waals surface area contributed by atoms with Gasteiger partial charge in [0.15, 0.2) is 0 Å². The van der Waals surface area contributed by atoms with Crippen LogP contribution in [0.1, 0.15) is 46.0 Å². The number of nitrogens with one attached hydrogen (secondary N) is 1. The van der Waals surface area contributed by atoms with Crippen LogP contribution < -0.4 is 5.32 Å². The molecule has 1 aromatic rings. The Labute approximate surface area is 111 Å². The van der Waals surface area contributed by atoms with Crippen molar-refractivity contribution in [3.63, 3.8) is 0 Å². The summed E-state index contributed by atoms with van der Waals surface area (Å²) in [5.41, 5.74) is 3.41. The molecule has 18 heavy (non-hydrogen) atoms. The lowest BCUT2D eigenvalue weighted by Gasteiger charge is -2.06. The zero-order valence-electron chi connectivity index (χ0n) is 12.7. The van der Waals surface area contributed by atoms with Gasteiger partial charge in [0, 0.05) is 13.6 Å². The van der Waals surface area contributed by atoms with Crippen molar-refractivity contribution in [3.05, 3.63) is 17.5 Å². The molecule has 2 rings (SSSR count). The molecule has 0 atom stereocenters. The SMILES string of the molecule is CCc1cc(CNCC2C(C)(C)C2(C)C)n(C)n1. The van der Waals surface area contributed by atoms with E-state index < -0.39 is 0 Å². The first-order valence-electron chi connectivity index (χ1n) is 7.03. The van der Waals surface area contributed by atoms with Crippen LogP contribution in [0.4, 0.5) is 0 Å². The molecule has 102 valence electrons. The van der Waals surface area contributed by atoms with E-state index in [1.807, 2.05) is 11.7 Å². The second-order valence-corrected chi connectivity index (χ2v) is 6.73. The summed E-state index contributed by atoms with van der Waals surface area (Å²) >= 11 is 0. The van der Waals surface area contributed by atoms with E-state index >= 15 is 0 Å². The fourth-order valence-electron chi connectivity index (χ4n) is 3.10. The minimum atomic E-state index is 0.473. The minimum Gasteiger partial charge on any atom is -0.311 e. The van der Waals surface area contributed by atoms with Crippen molar-refractivity contribution in [2.24, 2.45) is 23.8 Å². The summed E-state index contributed by atoms with van der Waals surface area (Å²) < 4.78 is 2.00. The van der Waals surface area contributed by atoms with Crippen molar-refractivity contribution in [3.8, 4) is 0 Å². The Balaban J connectivity index is 1.85. The molecule has 1 saturated carbocycles. The number of aryl methyl sites for hydroxylation is 2. The fraction of sp³-hybridized carbons (Fsp3) is 0.800. The Morgan fingerprint density at radius 3 is 2.33 bits per heavy atom. The molecule has 3 nitrogen and oxygen atoms in total. The monoisotopic (exact) mass is 249 g/mol. The maximum atomic E-state index is 4.48. The molecule has 1 fully saturated rings. The summed E-state index contributed by atoms with van der Waals surface area (Å²) in [6.07, 6.45) is 1.01. The first kappa shape index (κ1) is 13.6. The molecule has 0 spiro atoms. The van der Waals surface area contributed by atoms with Gasteiger partial charge in [-0.05, 0) is 35.8 Å². The summed E-state index contributed by atoms with van der Waals surface area (Å²) in [4.78, 5) is 0. The molecule has 1 N–H and O–H groups in total. The predicted molar refractivity (Wildman–Crippen MR) is 75.3 cm³/mol. The second-order valence-electron chi connectivity index (χ2n) is 6.73. The Kier molecular flexibility index (Phi) is 3.30. The number of nitrogens with zero attached hydrogens (tertiary/aromatic N) is 2. The van der Waals surface area contributed by atoms with Gasteiger partial charge in [-0.1, -0.05) is 34.6 Å². The topological polar surface area (TPSA) is 29.9 Å². The Morgan fingerprint density at radius 1 is 1.28 bits per heavy atom. The molecule has 0 radical (unpaired) electrons. The van der Waals surface area contributed by atoms with Gasteiger partial charge in [-0.2, -0.15) is 5.10 Å². The molecule has 0 saturated heterocycles. The van der Waals surface area contributed by atoms with Gasteiger partial charge < -0.3 is 5.32 Å². The zero-order chi connectivity index (χ0) is 13.6. The van der Waals surface area contributed by atoms with Crippen LogP contribution >= 0.6 is 0 Å². The van der Waals surface area contributed by atoms with Gasteiger partial charge in [0.05, 0.1) is 11.4 Å². The quantitative estimate of drug-likeness (QED) is 0.869. The molecule has 0 bridgehead atoms. The van der Waals surface area contributed by atoms with Gasteiger partial charge in [0.2, 0.25) is 0 Å². The molecule has 0 unspecified atom stereocenters. The zero-order valence-corrected chi connectivity index (χ0v) is 12.7.